The number of rotatable bonds is 5. The zero-order valence-corrected chi connectivity index (χ0v) is 36.2. The summed E-state index contributed by atoms with van der Waals surface area (Å²) in [7, 11) is 0. The monoisotopic (exact) mass is 850 g/mol. The average Bonchev–Trinajstić information content (AvgIpc) is 3.74. The first-order valence-corrected chi connectivity index (χ1v) is 22.9. The van der Waals surface area contributed by atoms with E-state index in [1.54, 1.807) is 0 Å². The summed E-state index contributed by atoms with van der Waals surface area (Å²) in [5, 5.41) is 16.7. The van der Waals surface area contributed by atoms with Gasteiger partial charge in [0.2, 0.25) is 0 Å². The van der Waals surface area contributed by atoms with E-state index in [0.717, 1.165) is 49.6 Å². The van der Waals surface area contributed by atoms with Crippen molar-refractivity contribution in [3.63, 3.8) is 0 Å². The van der Waals surface area contributed by atoms with Gasteiger partial charge in [0.25, 0.3) is 0 Å². The summed E-state index contributed by atoms with van der Waals surface area (Å²) in [4.78, 5) is 16.3. The highest BCUT2D eigenvalue weighted by Crippen LogP contribution is 2.44. The van der Waals surface area contributed by atoms with Gasteiger partial charge in [0.15, 0.2) is 17.5 Å². The van der Waals surface area contributed by atoms with Crippen LogP contribution < -0.4 is 0 Å². The van der Waals surface area contributed by atoms with Crippen LogP contribution in [0.2, 0.25) is 0 Å². The van der Waals surface area contributed by atoms with Gasteiger partial charge in [-0.1, -0.05) is 194 Å². The molecule has 14 aromatic rings. The topological polar surface area (TPSA) is 43.6 Å². The number of nitrogens with zero attached hydrogens (tertiary/aromatic N) is 4. The Labute approximate surface area is 385 Å². The van der Waals surface area contributed by atoms with E-state index in [0.29, 0.717) is 17.5 Å². The van der Waals surface area contributed by atoms with Gasteiger partial charge in [-0.25, -0.2) is 15.0 Å². The number of aromatic nitrogens is 4. The van der Waals surface area contributed by atoms with Crippen molar-refractivity contribution < 1.29 is 0 Å². The van der Waals surface area contributed by atoms with Crippen LogP contribution in [0.25, 0.3) is 137 Å². The zero-order valence-electron chi connectivity index (χ0n) is 36.2. The molecule has 0 bridgehead atoms. The Bertz CT molecular complexity index is 4290. The smallest absolute Gasteiger partial charge is 0.164 e. The van der Waals surface area contributed by atoms with Gasteiger partial charge in [0.1, 0.15) is 0 Å². The van der Waals surface area contributed by atoms with Crippen LogP contribution >= 0.6 is 0 Å². The molecule has 0 aliphatic carbocycles. The third-order valence-corrected chi connectivity index (χ3v) is 13.8. The molecule has 0 aliphatic heterocycles. The van der Waals surface area contributed by atoms with E-state index in [-0.39, 0.29) is 0 Å². The fourth-order valence-electron chi connectivity index (χ4n) is 10.8. The Hall–Kier alpha value is -8.99. The van der Waals surface area contributed by atoms with Crippen LogP contribution in [-0.2, 0) is 0 Å². The Morgan fingerprint density at radius 3 is 1.31 bits per heavy atom. The van der Waals surface area contributed by atoms with Crippen LogP contribution in [-0.4, -0.2) is 19.5 Å². The van der Waals surface area contributed by atoms with Crippen molar-refractivity contribution in [3.05, 3.63) is 231 Å². The van der Waals surface area contributed by atoms with Crippen molar-refractivity contribution in [3.8, 4) is 51.0 Å². The van der Waals surface area contributed by atoms with Crippen molar-refractivity contribution in [1.29, 1.82) is 0 Å². The Kier molecular flexibility index (Phi) is 8.25. The van der Waals surface area contributed by atoms with E-state index in [9.17, 15) is 0 Å². The third-order valence-electron chi connectivity index (χ3n) is 13.8. The molecular weight excluding hydrogens is 813 g/mol. The van der Waals surface area contributed by atoms with Crippen molar-refractivity contribution in [2.45, 2.75) is 0 Å². The second-order valence-electron chi connectivity index (χ2n) is 17.5. The molecule has 4 heteroatoms. The van der Waals surface area contributed by atoms with Gasteiger partial charge in [-0.05, 0) is 107 Å². The highest BCUT2D eigenvalue weighted by molar-refractivity contribution is 6.29. The van der Waals surface area contributed by atoms with E-state index in [1.165, 1.54) is 70.4 Å². The van der Waals surface area contributed by atoms with Gasteiger partial charge in [0.05, 0.1) is 11.0 Å². The maximum absolute atomic E-state index is 5.55. The molecule has 0 unspecified atom stereocenters. The second kappa shape index (κ2) is 14.8. The highest BCUT2D eigenvalue weighted by Gasteiger charge is 2.22. The van der Waals surface area contributed by atoms with E-state index in [2.05, 4.69) is 217 Å². The normalized spacial score (nSPS) is 11.9. The predicted octanol–water partition coefficient (Wildman–Crippen LogP) is 16.6. The summed E-state index contributed by atoms with van der Waals surface area (Å²) >= 11 is 0. The lowest BCUT2D eigenvalue weighted by atomic mass is 9.90. The Morgan fingerprint density at radius 2 is 0.672 bits per heavy atom. The molecule has 0 saturated carbocycles. The minimum atomic E-state index is 0.617. The summed E-state index contributed by atoms with van der Waals surface area (Å²) in [5.41, 5.74) is 8.49. The molecule has 2 aromatic heterocycles. The first kappa shape index (κ1) is 37.4. The highest BCUT2D eigenvalue weighted by atomic mass is 15.0. The lowest BCUT2D eigenvalue weighted by molar-refractivity contribution is 1.07. The summed E-state index contributed by atoms with van der Waals surface area (Å²) in [6.45, 7) is 0. The number of fused-ring (bicyclic) bond motifs is 15. The minimum Gasteiger partial charge on any atom is -0.309 e. The molecule has 0 fully saturated rings. The van der Waals surface area contributed by atoms with Gasteiger partial charge in [-0.15, -0.1) is 0 Å². The van der Waals surface area contributed by atoms with Gasteiger partial charge in [-0.2, -0.15) is 0 Å². The van der Waals surface area contributed by atoms with Crippen LogP contribution in [0.15, 0.2) is 231 Å². The molecule has 0 amide bonds. The zero-order chi connectivity index (χ0) is 44.0. The molecule has 0 radical (unpaired) electrons. The number of hydrogen-bond donors (Lipinski definition) is 0. The first-order chi connectivity index (χ1) is 33.2. The number of hydrogen-bond acceptors (Lipinski definition) is 3. The molecule has 12 aromatic carbocycles. The van der Waals surface area contributed by atoms with Crippen molar-refractivity contribution in [2.24, 2.45) is 0 Å². The molecule has 0 spiro atoms. The van der Waals surface area contributed by atoms with E-state index in [4.69, 9.17) is 15.0 Å². The first-order valence-electron chi connectivity index (χ1n) is 22.9. The molecule has 14 rings (SSSR count). The second-order valence-corrected chi connectivity index (χ2v) is 17.5. The van der Waals surface area contributed by atoms with E-state index in [1.807, 2.05) is 18.2 Å². The molecular formula is C63H38N4. The van der Waals surface area contributed by atoms with Crippen LogP contribution in [0.1, 0.15) is 0 Å². The maximum atomic E-state index is 5.55. The largest absolute Gasteiger partial charge is 0.309 e. The van der Waals surface area contributed by atoms with Gasteiger partial charge in [0, 0.05) is 38.5 Å². The summed E-state index contributed by atoms with van der Waals surface area (Å²) in [6, 6.07) is 82.9. The summed E-state index contributed by atoms with van der Waals surface area (Å²) < 4.78 is 2.42. The van der Waals surface area contributed by atoms with E-state index < -0.39 is 0 Å². The van der Waals surface area contributed by atoms with Crippen molar-refractivity contribution in [2.75, 3.05) is 0 Å². The van der Waals surface area contributed by atoms with E-state index >= 15 is 0 Å². The van der Waals surface area contributed by atoms with Crippen LogP contribution in [0.5, 0.6) is 0 Å². The molecule has 310 valence electrons. The average molecular weight is 851 g/mol. The lowest BCUT2D eigenvalue weighted by Gasteiger charge is -2.18. The maximum Gasteiger partial charge on any atom is 0.164 e. The van der Waals surface area contributed by atoms with Gasteiger partial charge < -0.3 is 4.57 Å². The van der Waals surface area contributed by atoms with Crippen LogP contribution in [0.3, 0.4) is 0 Å². The Morgan fingerprint density at radius 1 is 0.239 bits per heavy atom. The SMILES string of the molecule is c1ccc(-c2ccc3c(c2)c2ccccc2n3-c2cc(-c3nc(-c4ccccc4)nc(-c4ccc5c6ccccc6c6ccccc6c5c4)n3)c3c4ccccc4c4ccccc4c3c2)cc1. The van der Waals surface area contributed by atoms with Gasteiger partial charge in [-0.3, -0.25) is 0 Å². The third kappa shape index (κ3) is 5.83. The van der Waals surface area contributed by atoms with Crippen molar-refractivity contribution >= 4 is 86.4 Å². The fourth-order valence-corrected chi connectivity index (χ4v) is 10.8. The molecule has 0 aliphatic rings. The lowest BCUT2D eigenvalue weighted by Crippen LogP contribution is -2.02. The minimum absolute atomic E-state index is 0.617. The fraction of sp³-hybridized carbons (Fsp3) is 0. The van der Waals surface area contributed by atoms with Crippen LogP contribution in [0.4, 0.5) is 0 Å². The number of para-hydroxylation sites is 1. The van der Waals surface area contributed by atoms with Crippen molar-refractivity contribution in [1.82, 2.24) is 19.5 Å². The van der Waals surface area contributed by atoms with Gasteiger partial charge >= 0.3 is 0 Å². The predicted molar refractivity (Wildman–Crippen MR) is 281 cm³/mol. The Balaban J connectivity index is 1.09. The van der Waals surface area contributed by atoms with Crippen LogP contribution in [0, 0.1) is 0 Å². The molecule has 4 nitrogen and oxygen atoms in total. The molecule has 0 atom stereocenters. The molecule has 0 saturated heterocycles. The molecule has 0 N–H and O–H groups in total. The molecule has 2 heterocycles. The molecule has 67 heavy (non-hydrogen) atoms. The number of benzene rings is 12. The summed E-state index contributed by atoms with van der Waals surface area (Å²) in [5.74, 6) is 1.86. The summed E-state index contributed by atoms with van der Waals surface area (Å²) in [6.07, 6.45) is 0. The standard InChI is InChI=1S/C63H38N4/c1-3-17-39(18-4-1)41-32-34-59-55(35-41)52-28-15-16-30-58(52)67(59)43-37-56-50-27-12-10-24-47(50)48-25-13-14-29-53(48)60(56)57(38-43)63-65-61(40-19-5-2-6-20-40)64-62(66-63)42-31-33-51-46-23-8-7-21-44(46)45-22-9-11-26-49(45)54(51)36-42/h1-38H. The quantitative estimate of drug-likeness (QED) is 0.162.